The molecule has 638 valence electrons. The number of carbonyl (C=O) groups is 10. The van der Waals surface area contributed by atoms with E-state index in [4.69, 9.17) is 47.4 Å². The maximum absolute atomic E-state index is 15.3. The predicted octanol–water partition coefficient (Wildman–Crippen LogP) is 1.79. The maximum atomic E-state index is 15.3. The lowest BCUT2D eigenvalue weighted by atomic mass is 9.67. The van der Waals surface area contributed by atoms with Gasteiger partial charge in [-0.15, -0.1) is 0 Å². The van der Waals surface area contributed by atoms with Crippen molar-refractivity contribution in [2.24, 2.45) is 5.92 Å². The van der Waals surface area contributed by atoms with Gasteiger partial charge in [-0.1, -0.05) is 18.2 Å². The zero-order chi connectivity index (χ0) is 89.6. The van der Waals surface area contributed by atoms with Gasteiger partial charge in [0.2, 0.25) is 41.2 Å². The molecular formula is C76H58O46. The monoisotopic (exact) mass is 1710 g/mol. The molecule has 1 aliphatic carbocycles. The molecule has 2 fully saturated rings. The van der Waals surface area contributed by atoms with Crippen LogP contribution >= 0.6 is 0 Å². The Morgan fingerprint density at radius 2 is 0.607 bits per heavy atom. The molecule has 0 aromatic heterocycles. The first-order chi connectivity index (χ1) is 57.2. The van der Waals surface area contributed by atoms with Crippen molar-refractivity contribution in [3.05, 3.63) is 177 Å². The lowest BCUT2D eigenvalue weighted by Gasteiger charge is -2.49. The van der Waals surface area contributed by atoms with Crippen molar-refractivity contribution in [3.63, 3.8) is 0 Å². The number of aliphatic carboxylic acids is 1. The number of esters is 9. The topological polar surface area (TPSA) is 789 Å². The highest BCUT2D eigenvalue weighted by Gasteiger charge is 2.63. The molecule has 2 aliphatic rings. The van der Waals surface area contributed by atoms with Gasteiger partial charge < -0.3 is 180 Å². The number of aromatic hydroxyl groups is 20. The number of carboxylic acid groups (broad SMARTS) is 1. The van der Waals surface area contributed by atoms with Gasteiger partial charge in [0.15, 0.2) is 127 Å². The summed E-state index contributed by atoms with van der Waals surface area (Å²) < 4.78 is 55.6. The van der Waals surface area contributed by atoms with Crippen LogP contribution in [-0.4, -0.2) is 248 Å². The summed E-state index contributed by atoms with van der Waals surface area (Å²) in [5.74, 6) is -55.7. The van der Waals surface area contributed by atoms with Crippen molar-refractivity contribution < 1.29 is 228 Å². The van der Waals surface area contributed by atoms with E-state index >= 15 is 19.2 Å². The first kappa shape index (κ1) is 86.3. The first-order valence-electron chi connectivity index (χ1n) is 33.8. The molecule has 46 nitrogen and oxygen atoms in total. The Labute approximate surface area is 673 Å². The van der Waals surface area contributed by atoms with E-state index in [1.807, 2.05) is 0 Å². The van der Waals surface area contributed by atoms with Gasteiger partial charge >= 0.3 is 59.7 Å². The second-order valence-electron chi connectivity index (χ2n) is 26.3. The molecule has 4 unspecified atom stereocenters. The fourth-order valence-corrected chi connectivity index (χ4v) is 12.1. The van der Waals surface area contributed by atoms with Gasteiger partial charge in [0, 0.05) is 5.56 Å². The van der Waals surface area contributed by atoms with Crippen molar-refractivity contribution in [1.82, 2.24) is 0 Å². The summed E-state index contributed by atoms with van der Waals surface area (Å²) in [6.07, 6.45) is -22.4. The van der Waals surface area contributed by atoms with Gasteiger partial charge in [-0.05, 0) is 110 Å². The molecule has 1 saturated heterocycles. The van der Waals surface area contributed by atoms with Crippen molar-refractivity contribution in [2.75, 3.05) is 6.61 Å². The zero-order valence-electron chi connectivity index (χ0n) is 60.4. The Morgan fingerprint density at radius 3 is 0.918 bits per heavy atom. The van der Waals surface area contributed by atoms with E-state index in [9.17, 15) is 162 Å². The van der Waals surface area contributed by atoms with Gasteiger partial charge in [-0.3, -0.25) is 4.79 Å². The number of hydrogen-bond donors (Lipinski definition) is 26. The number of ether oxygens (including phenoxy) is 10. The molecule has 9 atom stereocenters. The second kappa shape index (κ2) is 33.2. The summed E-state index contributed by atoms with van der Waals surface area (Å²) in [5.41, 5.74) is -13.5. The number of benzene rings is 9. The second-order valence-corrected chi connectivity index (χ2v) is 26.3. The molecule has 1 heterocycles. The van der Waals surface area contributed by atoms with E-state index in [0.29, 0.717) is 91.0 Å². The highest BCUT2D eigenvalue weighted by atomic mass is 16.8. The average molecular weight is 1710 g/mol. The number of aliphatic hydroxyl groups is 5. The molecule has 0 spiro atoms. The van der Waals surface area contributed by atoms with Gasteiger partial charge in [0.05, 0.1) is 56.0 Å². The lowest BCUT2D eigenvalue weighted by Crippen LogP contribution is -2.68. The van der Waals surface area contributed by atoms with Crippen molar-refractivity contribution in [1.29, 1.82) is 0 Å². The van der Waals surface area contributed by atoms with Gasteiger partial charge in [0.25, 0.3) is 0 Å². The molecule has 46 heteroatoms. The van der Waals surface area contributed by atoms with Crippen LogP contribution < -0.4 is 18.9 Å². The van der Waals surface area contributed by atoms with Crippen LogP contribution in [0, 0.1) is 5.92 Å². The van der Waals surface area contributed by atoms with Crippen LogP contribution in [-0.2, 0) is 38.8 Å². The molecule has 122 heavy (non-hydrogen) atoms. The molecular weight excluding hydrogens is 1650 g/mol. The van der Waals surface area contributed by atoms with E-state index in [2.05, 4.69) is 0 Å². The van der Waals surface area contributed by atoms with Gasteiger partial charge in [-0.25, -0.2) is 43.2 Å². The number of carboxylic acids is 1. The van der Waals surface area contributed by atoms with Crippen LogP contribution in [0.1, 0.15) is 105 Å². The summed E-state index contributed by atoms with van der Waals surface area (Å²) >= 11 is 0. The molecule has 0 amide bonds. The van der Waals surface area contributed by atoms with Crippen LogP contribution in [0.25, 0.3) is 0 Å². The summed E-state index contributed by atoms with van der Waals surface area (Å²) in [6, 6.07) is 10.1. The third-order valence-corrected chi connectivity index (χ3v) is 18.2. The third kappa shape index (κ3) is 17.0. The smallest absolute Gasteiger partial charge is 0.343 e. The molecule has 26 N–H and O–H groups in total. The molecule has 9 aromatic carbocycles. The van der Waals surface area contributed by atoms with Gasteiger partial charge in [-0.2, -0.15) is 0 Å². The Kier molecular flexibility index (Phi) is 23.5. The summed E-state index contributed by atoms with van der Waals surface area (Å²) in [5, 5.41) is 276. The molecule has 9 aromatic rings. The zero-order valence-corrected chi connectivity index (χ0v) is 60.4. The number of carbonyl (C=O) groups excluding carboxylic acids is 9. The van der Waals surface area contributed by atoms with Crippen LogP contribution in [0.5, 0.6) is 138 Å². The van der Waals surface area contributed by atoms with E-state index in [1.54, 1.807) is 0 Å². The van der Waals surface area contributed by atoms with E-state index in [0.717, 1.165) is 24.3 Å². The normalized spacial score (nSPS) is 19.0. The van der Waals surface area contributed by atoms with Crippen LogP contribution in [0.4, 0.5) is 0 Å². The summed E-state index contributed by atoms with van der Waals surface area (Å²) in [6.45, 7) is -1.74. The van der Waals surface area contributed by atoms with Crippen LogP contribution in [0.15, 0.2) is 121 Å². The van der Waals surface area contributed by atoms with E-state index < -0.39 is 327 Å². The highest BCUT2D eigenvalue weighted by molar-refractivity contribution is 5.99. The number of phenols is 20. The summed E-state index contributed by atoms with van der Waals surface area (Å²) in [4.78, 5) is 142. The molecule has 11 rings (SSSR count). The number of hydrogen-bond acceptors (Lipinski definition) is 45. The Balaban J connectivity index is 1.10. The lowest BCUT2D eigenvalue weighted by molar-refractivity contribution is -0.342. The number of phenolic OH excluding ortho intramolecular Hbond substituents is 20. The third-order valence-electron chi connectivity index (χ3n) is 18.2. The minimum atomic E-state index is -3.94. The largest absolute Gasteiger partial charge is 0.504 e. The quantitative estimate of drug-likeness (QED) is 0.0160. The molecule has 1 aliphatic heterocycles. The Morgan fingerprint density at radius 1 is 0.336 bits per heavy atom. The fourth-order valence-electron chi connectivity index (χ4n) is 12.1. The Hall–Kier alpha value is -16.6. The standard InChI is InChI=1S/C76H58O46/c77-34-5-23(6-35(78)51(34)89)64(100)114-46-17-27(13-42(85)55(46)93)68(104)119-59-50(22-113-72(108)31-3-1-2-4-33(31)75(110)21-32(63(98)99)62(97)76(111,112)74(75)109)118-73(122-71(107)30-16-45(88)58(96)49(20-30)117-67(103)26-11-40(83)54(92)41(84)12-26)61(121-70(106)29-15-44(87)57(95)48(19-29)116-66(102)25-9-38(81)53(91)39(82)10-25)60(59)120-69(105)28-14-43(86)56(94)47(18-28)115-65(101)24-7-36(79)52(90)37(80)8-24/h1-20,32,50,59-62,73-74,77-97,109-112H,21-22H2,(H,98,99)/t32?,50-,59-,60+,61-,62?,73-,74?,75?/m1/s1. The summed E-state index contributed by atoms with van der Waals surface area (Å²) in [7, 11) is 0. The maximum Gasteiger partial charge on any atom is 0.343 e. The van der Waals surface area contributed by atoms with Crippen molar-refractivity contribution in [2.45, 2.75) is 60.7 Å². The van der Waals surface area contributed by atoms with Gasteiger partial charge in [0.1, 0.15) is 30.5 Å². The predicted molar refractivity (Wildman–Crippen MR) is 382 cm³/mol. The minimum Gasteiger partial charge on any atom is -0.504 e. The van der Waals surface area contributed by atoms with Crippen molar-refractivity contribution in [3.8, 4) is 138 Å². The van der Waals surface area contributed by atoms with Crippen LogP contribution in [0.3, 0.4) is 0 Å². The SMILES string of the molecule is O=C(Oc1cc(C(=O)O[C@H]2O[C@H](COC(=O)c3ccccc3C3(O)CC(C(=O)O)C(O)C(O)(O)C3O)[C@@H](OC(=O)c3cc(O)c(O)c(OC(=O)c4cc(O)c(O)c(O)c4)c3)[C@H](OC(=O)c3cc(O)c(O)c(OC(=O)c4cc(O)c(O)c(O)c4)c3)[C@H]2OC(=O)c2cc(O)c(O)c(OC(=O)c3cc(O)c(O)c(O)c3)c2)cc(O)c1O)c1cc(O)c(O)c(O)c1. The minimum absolute atomic E-state index is 0.289. The van der Waals surface area contributed by atoms with E-state index in [-0.39, 0.29) is 6.07 Å². The highest BCUT2D eigenvalue weighted by Crippen LogP contribution is 2.49. The van der Waals surface area contributed by atoms with Crippen molar-refractivity contribution >= 4 is 59.7 Å². The fraction of sp³-hybridized carbons (Fsp3) is 0.158. The Bertz CT molecular complexity index is 5760. The molecule has 1 saturated carbocycles. The van der Waals surface area contributed by atoms with E-state index in [1.165, 1.54) is 0 Å². The molecule has 0 bridgehead atoms. The number of rotatable bonds is 21. The van der Waals surface area contributed by atoms with Crippen LogP contribution in [0.2, 0.25) is 0 Å². The molecule has 0 radical (unpaired) electrons. The first-order valence-corrected chi connectivity index (χ1v) is 33.8. The number of aliphatic hydroxyl groups excluding tert-OH is 2. The average Bonchev–Trinajstić information content (AvgIpc) is 0.725.